The number of rotatable bonds is 5. The van der Waals surface area contributed by atoms with Gasteiger partial charge in [-0.2, -0.15) is 0 Å². The number of benzene rings is 1. The number of amides is 1. The highest BCUT2D eigenvalue weighted by Gasteiger charge is 2.18. The van der Waals surface area contributed by atoms with Crippen LogP contribution in [0.1, 0.15) is 60.1 Å². The molecule has 3 rings (SSSR count). The van der Waals surface area contributed by atoms with Gasteiger partial charge in [-0.1, -0.05) is 43.9 Å². The number of carbonyl (C=O) groups is 1. The van der Waals surface area contributed by atoms with E-state index in [2.05, 4.69) is 20.6 Å². The molecule has 0 radical (unpaired) electrons. The highest BCUT2D eigenvalue weighted by molar-refractivity contribution is 5.95. The molecule has 0 unspecified atom stereocenters. The van der Waals surface area contributed by atoms with Crippen LogP contribution in [-0.4, -0.2) is 21.9 Å². The Morgan fingerprint density at radius 2 is 1.92 bits per heavy atom. The van der Waals surface area contributed by atoms with Crippen molar-refractivity contribution in [3.63, 3.8) is 0 Å². The number of hydrogen-bond donors (Lipinski definition) is 2. The van der Waals surface area contributed by atoms with Gasteiger partial charge in [0.1, 0.15) is 5.82 Å². The van der Waals surface area contributed by atoms with E-state index in [1.807, 2.05) is 0 Å². The zero-order chi connectivity index (χ0) is 18.4. The lowest BCUT2D eigenvalue weighted by molar-refractivity contribution is 0.0932. The zero-order valence-corrected chi connectivity index (χ0v) is 15.1. The second-order valence-corrected chi connectivity index (χ2v) is 6.80. The van der Waals surface area contributed by atoms with Crippen LogP contribution in [0.15, 0.2) is 30.5 Å². The van der Waals surface area contributed by atoms with Gasteiger partial charge in [-0.25, -0.2) is 14.4 Å². The van der Waals surface area contributed by atoms with Crippen molar-refractivity contribution < 1.29 is 9.18 Å². The molecule has 138 valence electrons. The molecule has 0 bridgehead atoms. The minimum absolute atomic E-state index is 0.116. The first-order chi connectivity index (χ1) is 12.6. The smallest absolute Gasteiger partial charge is 0.254 e. The summed E-state index contributed by atoms with van der Waals surface area (Å²) in [5.41, 5.74) is 1.65. The molecular weight excluding hydrogens is 331 g/mol. The summed E-state index contributed by atoms with van der Waals surface area (Å²) < 4.78 is 13.7. The van der Waals surface area contributed by atoms with Gasteiger partial charge in [0.05, 0.1) is 11.3 Å². The number of aromatic nitrogens is 2. The van der Waals surface area contributed by atoms with Crippen molar-refractivity contribution in [1.82, 2.24) is 15.3 Å². The van der Waals surface area contributed by atoms with Crippen LogP contribution in [0, 0.1) is 12.7 Å². The summed E-state index contributed by atoms with van der Waals surface area (Å²) in [6.45, 7) is 2.08. The molecule has 1 aliphatic rings. The lowest BCUT2D eigenvalue weighted by Crippen LogP contribution is -2.35. The maximum Gasteiger partial charge on any atom is 0.254 e. The van der Waals surface area contributed by atoms with E-state index >= 15 is 0 Å². The summed E-state index contributed by atoms with van der Waals surface area (Å²) in [6, 6.07) is 6.81. The van der Waals surface area contributed by atoms with Gasteiger partial charge >= 0.3 is 0 Å². The quantitative estimate of drug-likeness (QED) is 0.795. The van der Waals surface area contributed by atoms with E-state index in [1.165, 1.54) is 37.9 Å². The SMILES string of the molecule is Cc1nc(NCc2ccccc2F)ncc1C(=O)NC1CCCCCC1. The molecule has 2 N–H and O–H groups in total. The highest BCUT2D eigenvalue weighted by atomic mass is 19.1. The Hall–Kier alpha value is -2.50. The van der Waals surface area contributed by atoms with Crippen molar-refractivity contribution >= 4 is 11.9 Å². The number of anilines is 1. The van der Waals surface area contributed by atoms with Crippen molar-refractivity contribution in [2.75, 3.05) is 5.32 Å². The van der Waals surface area contributed by atoms with Crippen molar-refractivity contribution in [2.24, 2.45) is 0 Å². The molecule has 0 spiro atoms. The Morgan fingerprint density at radius 3 is 2.62 bits per heavy atom. The molecule has 26 heavy (non-hydrogen) atoms. The van der Waals surface area contributed by atoms with Gasteiger partial charge in [-0.05, 0) is 25.8 Å². The van der Waals surface area contributed by atoms with E-state index in [0.717, 1.165) is 12.8 Å². The van der Waals surface area contributed by atoms with Crippen LogP contribution < -0.4 is 10.6 Å². The summed E-state index contributed by atoms with van der Waals surface area (Å²) in [5.74, 6) is 0.00273. The van der Waals surface area contributed by atoms with Crippen LogP contribution in [0.5, 0.6) is 0 Å². The number of halogens is 1. The van der Waals surface area contributed by atoms with Gasteiger partial charge in [0.2, 0.25) is 5.95 Å². The molecule has 0 aliphatic heterocycles. The molecule has 1 saturated carbocycles. The third-order valence-electron chi connectivity index (χ3n) is 4.81. The highest BCUT2D eigenvalue weighted by Crippen LogP contribution is 2.18. The molecule has 2 aromatic rings. The third-order valence-corrected chi connectivity index (χ3v) is 4.81. The predicted molar refractivity (Wildman–Crippen MR) is 99.5 cm³/mol. The van der Waals surface area contributed by atoms with Crippen molar-refractivity contribution in [3.8, 4) is 0 Å². The topological polar surface area (TPSA) is 66.9 Å². The molecule has 1 heterocycles. The van der Waals surface area contributed by atoms with Crippen LogP contribution in [0.25, 0.3) is 0 Å². The van der Waals surface area contributed by atoms with Gasteiger partial charge in [-0.3, -0.25) is 4.79 Å². The monoisotopic (exact) mass is 356 g/mol. The van der Waals surface area contributed by atoms with Crippen LogP contribution >= 0.6 is 0 Å². The summed E-state index contributed by atoms with van der Waals surface area (Å²) >= 11 is 0. The Labute approximate surface area is 153 Å². The third kappa shape index (κ3) is 4.77. The second kappa shape index (κ2) is 8.74. The van der Waals surface area contributed by atoms with Crippen LogP contribution in [0.4, 0.5) is 10.3 Å². The summed E-state index contributed by atoms with van der Waals surface area (Å²) in [5, 5.41) is 6.12. The molecule has 1 amide bonds. The minimum atomic E-state index is -0.267. The van der Waals surface area contributed by atoms with Gasteiger partial charge in [-0.15, -0.1) is 0 Å². The average molecular weight is 356 g/mol. The van der Waals surface area contributed by atoms with Crippen LogP contribution in [0.3, 0.4) is 0 Å². The van der Waals surface area contributed by atoms with E-state index in [4.69, 9.17) is 0 Å². The van der Waals surface area contributed by atoms with E-state index in [-0.39, 0.29) is 17.8 Å². The Kier molecular flexibility index (Phi) is 6.15. The number of aryl methyl sites for hydroxylation is 1. The first kappa shape index (κ1) is 18.3. The fourth-order valence-electron chi connectivity index (χ4n) is 3.28. The molecule has 1 aromatic heterocycles. The fourth-order valence-corrected chi connectivity index (χ4v) is 3.28. The van der Waals surface area contributed by atoms with Crippen molar-refractivity contribution in [3.05, 3.63) is 53.1 Å². The second-order valence-electron chi connectivity index (χ2n) is 6.80. The summed E-state index contributed by atoms with van der Waals surface area (Å²) in [6.07, 6.45) is 8.44. The molecule has 1 aromatic carbocycles. The Balaban J connectivity index is 1.61. The van der Waals surface area contributed by atoms with Gasteiger partial charge in [0, 0.05) is 24.3 Å². The lowest BCUT2D eigenvalue weighted by atomic mass is 10.1. The van der Waals surface area contributed by atoms with Crippen molar-refractivity contribution in [1.29, 1.82) is 0 Å². The van der Waals surface area contributed by atoms with E-state index in [0.29, 0.717) is 29.3 Å². The predicted octanol–water partition coefficient (Wildman–Crippen LogP) is 3.99. The number of carbonyl (C=O) groups excluding carboxylic acids is 1. The Morgan fingerprint density at radius 1 is 1.19 bits per heavy atom. The first-order valence-electron chi connectivity index (χ1n) is 9.25. The zero-order valence-electron chi connectivity index (χ0n) is 15.1. The summed E-state index contributed by atoms with van der Waals surface area (Å²) in [7, 11) is 0. The number of nitrogens with zero attached hydrogens (tertiary/aromatic N) is 2. The van der Waals surface area contributed by atoms with E-state index in [9.17, 15) is 9.18 Å². The molecule has 1 fully saturated rings. The van der Waals surface area contributed by atoms with Gasteiger partial charge in [0.15, 0.2) is 0 Å². The van der Waals surface area contributed by atoms with Crippen LogP contribution in [-0.2, 0) is 6.54 Å². The number of hydrogen-bond acceptors (Lipinski definition) is 4. The molecule has 5 nitrogen and oxygen atoms in total. The fraction of sp³-hybridized carbons (Fsp3) is 0.450. The first-order valence-corrected chi connectivity index (χ1v) is 9.25. The molecule has 1 aliphatic carbocycles. The molecule has 6 heteroatoms. The van der Waals surface area contributed by atoms with E-state index < -0.39 is 0 Å². The van der Waals surface area contributed by atoms with Crippen molar-refractivity contribution in [2.45, 2.75) is 58.0 Å². The molecule has 0 saturated heterocycles. The maximum absolute atomic E-state index is 13.7. The van der Waals surface area contributed by atoms with Gasteiger partial charge in [0.25, 0.3) is 5.91 Å². The Bertz CT molecular complexity index is 757. The number of nitrogens with one attached hydrogen (secondary N) is 2. The normalized spacial score (nSPS) is 15.3. The van der Waals surface area contributed by atoms with Gasteiger partial charge < -0.3 is 10.6 Å². The average Bonchev–Trinajstić information content (AvgIpc) is 2.89. The lowest BCUT2D eigenvalue weighted by Gasteiger charge is -2.17. The molecular formula is C20H25FN4O. The minimum Gasteiger partial charge on any atom is -0.350 e. The largest absolute Gasteiger partial charge is 0.350 e. The van der Waals surface area contributed by atoms with Crippen LogP contribution in [0.2, 0.25) is 0 Å². The van der Waals surface area contributed by atoms with E-state index in [1.54, 1.807) is 25.1 Å². The maximum atomic E-state index is 13.7. The molecule has 0 atom stereocenters. The standard InChI is InChI=1S/C20H25FN4O/c1-14-17(19(26)25-16-9-4-2-3-5-10-16)13-23-20(24-14)22-12-15-8-6-7-11-18(15)21/h6-8,11,13,16H,2-5,9-10,12H2,1H3,(H,25,26)(H,22,23,24). The summed E-state index contributed by atoms with van der Waals surface area (Å²) in [4.78, 5) is 21.1.